The molecule has 1 aromatic carbocycles. The SMILES string of the molecule is Cc1ccc(NC(=O)CSc2cc(N3C[C@H](C)C[C@@H](C)C3)ncn2)c(Cl)c1. The molecule has 144 valence electrons. The molecule has 2 aromatic rings. The van der Waals surface area contributed by atoms with E-state index in [1.807, 2.05) is 31.2 Å². The average molecular weight is 405 g/mol. The zero-order valence-electron chi connectivity index (χ0n) is 15.9. The number of amides is 1. The van der Waals surface area contributed by atoms with Crippen molar-refractivity contribution in [2.45, 2.75) is 32.2 Å². The van der Waals surface area contributed by atoms with E-state index in [0.717, 1.165) is 29.5 Å². The summed E-state index contributed by atoms with van der Waals surface area (Å²) in [5.74, 6) is 2.42. The van der Waals surface area contributed by atoms with Gasteiger partial charge in [-0.3, -0.25) is 4.79 Å². The summed E-state index contributed by atoms with van der Waals surface area (Å²) in [6.45, 7) is 8.54. The lowest BCUT2D eigenvalue weighted by molar-refractivity contribution is -0.113. The van der Waals surface area contributed by atoms with Gasteiger partial charge >= 0.3 is 0 Å². The molecule has 7 heteroatoms. The zero-order chi connectivity index (χ0) is 19.4. The van der Waals surface area contributed by atoms with Crippen LogP contribution in [0.1, 0.15) is 25.8 Å². The number of thioether (sulfide) groups is 1. The van der Waals surface area contributed by atoms with Gasteiger partial charge in [-0.15, -0.1) is 0 Å². The van der Waals surface area contributed by atoms with Gasteiger partial charge in [0.25, 0.3) is 0 Å². The molecular weight excluding hydrogens is 380 g/mol. The number of hydrogen-bond donors (Lipinski definition) is 1. The Balaban J connectivity index is 1.58. The van der Waals surface area contributed by atoms with Crippen molar-refractivity contribution in [3.8, 4) is 0 Å². The molecule has 1 aliphatic rings. The predicted octanol–water partition coefficient (Wildman–Crippen LogP) is 4.65. The molecule has 1 fully saturated rings. The largest absolute Gasteiger partial charge is 0.356 e. The van der Waals surface area contributed by atoms with Crippen LogP contribution in [0.15, 0.2) is 35.6 Å². The minimum Gasteiger partial charge on any atom is -0.356 e. The van der Waals surface area contributed by atoms with Gasteiger partial charge in [0.15, 0.2) is 0 Å². The fraction of sp³-hybridized carbons (Fsp3) is 0.450. The van der Waals surface area contributed by atoms with E-state index < -0.39 is 0 Å². The Morgan fingerprint density at radius 1 is 1.26 bits per heavy atom. The first-order valence-corrected chi connectivity index (χ1v) is 10.5. The fourth-order valence-electron chi connectivity index (χ4n) is 3.48. The third kappa shape index (κ3) is 5.59. The Hall–Kier alpha value is -1.79. The molecule has 1 amide bonds. The summed E-state index contributed by atoms with van der Waals surface area (Å²) >= 11 is 7.58. The number of piperidine rings is 1. The molecule has 1 aromatic heterocycles. The first-order valence-electron chi connectivity index (χ1n) is 9.16. The molecule has 0 spiro atoms. The number of halogens is 1. The second-order valence-corrected chi connectivity index (χ2v) is 8.79. The second kappa shape index (κ2) is 8.93. The summed E-state index contributed by atoms with van der Waals surface area (Å²) in [7, 11) is 0. The molecule has 0 unspecified atom stereocenters. The van der Waals surface area contributed by atoms with Gasteiger partial charge in [-0.05, 0) is 42.9 Å². The van der Waals surface area contributed by atoms with Gasteiger partial charge in [0, 0.05) is 19.2 Å². The van der Waals surface area contributed by atoms with Crippen molar-refractivity contribution in [1.82, 2.24) is 9.97 Å². The number of aromatic nitrogens is 2. The summed E-state index contributed by atoms with van der Waals surface area (Å²) in [6.07, 6.45) is 2.83. The van der Waals surface area contributed by atoms with Crippen molar-refractivity contribution in [1.29, 1.82) is 0 Å². The maximum Gasteiger partial charge on any atom is 0.234 e. The van der Waals surface area contributed by atoms with Crippen LogP contribution >= 0.6 is 23.4 Å². The first-order chi connectivity index (χ1) is 12.9. The van der Waals surface area contributed by atoms with Gasteiger partial charge in [-0.1, -0.05) is 43.3 Å². The van der Waals surface area contributed by atoms with E-state index in [1.54, 1.807) is 6.33 Å². The number of aryl methyl sites for hydroxylation is 1. The average Bonchev–Trinajstić information content (AvgIpc) is 2.62. The van der Waals surface area contributed by atoms with Crippen molar-refractivity contribution in [2.24, 2.45) is 11.8 Å². The number of rotatable bonds is 5. The Morgan fingerprint density at radius 3 is 2.70 bits per heavy atom. The van der Waals surface area contributed by atoms with Crippen molar-refractivity contribution < 1.29 is 4.79 Å². The van der Waals surface area contributed by atoms with Crippen molar-refractivity contribution in [2.75, 3.05) is 29.1 Å². The van der Waals surface area contributed by atoms with E-state index in [9.17, 15) is 4.79 Å². The molecule has 2 heterocycles. The van der Waals surface area contributed by atoms with Gasteiger partial charge in [0.2, 0.25) is 5.91 Å². The Labute approximate surface area is 169 Å². The number of anilines is 2. The van der Waals surface area contributed by atoms with E-state index in [-0.39, 0.29) is 11.7 Å². The molecule has 3 rings (SSSR count). The van der Waals surface area contributed by atoms with Crippen molar-refractivity contribution in [3.63, 3.8) is 0 Å². The summed E-state index contributed by atoms with van der Waals surface area (Å²) in [5.41, 5.74) is 1.69. The lowest BCUT2D eigenvalue weighted by Crippen LogP contribution is -2.39. The molecule has 5 nitrogen and oxygen atoms in total. The van der Waals surface area contributed by atoms with Crippen LogP contribution in [-0.2, 0) is 4.79 Å². The summed E-state index contributed by atoms with van der Waals surface area (Å²) in [4.78, 5) is 23.3. The van der Waals surface area contributed by atoms with Crippen molar-refractivity contribution >= 4 is 40.8 Å². The van der Waals surface area contributed by atoms with Crippen LogP contribution < -0.4 is 10.2 Å². The fourth-order valence-corrected chi connectivity index (χ4v) is 4.42. The number of nitrogens with zero attached hydrogens (tertiary/aromatic N) is 3. The monoisotopic (exact) mass is 404 g/mol. The molecular formula is C20H25ClN4OS. The molecule has 0 aliphatic carbocycles. The van der Waals surface area contributed by atoms with Gasteiger partial charge < -0.3 is 10.2 Å². The Kier molecular flexibility index (Phi) is 6.60. The van der Waals surface area contributed by atoms with Crippen molar-refractivity contribution in [3.05, 3.63) is 41.2 Å². The molecule has 0 radical (unpaired) electrons. The summed E-state index contributed by atoms with van der Waals surface area (Å²) in [6, 6.07) is 7.55. The highest BCUT2D eigenvalue weighted by atomic mass is 35.5. The van der Waals surface area contributed by atoms with E-state index in [2.05, 4.69) is 34.0 Å². The summed E-state index contributed by atoms with van der Waals surface area (Å²) in [5, 5.41) is 4.20. The van der Waals surface area contributed by atoms with Gasteiger partial charge in [0.1, 0.15) is 17.2 Å². The molecule has 27 heavy (non-hydrogen) atoms. The quantitative estimate of drug-likeness (QED) is 0.580. The zero-order valence-corrected chi connectivity index (χ0v) is 17.5. The van der Waals surface area contributed by atoms with Crippen LogP contribution in [0.3, 0.4) is 0 Å². The summed E-state index contributed by atoms with van der Waals surface area (Å²) < 4.78 is 0. The first kappa shape index (κ1) is 20.0. The van der Waals surface area contributed by atoms with Crippen LogP contribution in [0.2, 0.25) is 5.02 Å². The predicted molar refractivity (Wildman–Crippen MR) is 113 cm³/mol. The lowest BCUT2D eigenvalue weighted by Gasteiger charge is -2.35. The van der Waals surface area contributed by atoms with Crippen LogP contribution in [0.25, 0.3) is 0 Å². The highest BCUT2D eigenvalue weighted by molar-refractivity contribution is 7.99. The Bertz CT molecular complexity index is 806. The number of carbonyl (C=O) groups excluding carboxylic acids is 1. The van der Waals surface area contributed by atoms with Crippen LogP contribution in [0.5, 0.6) is 0 Å². The van der Waals surface area contributed by atoms with Crippen LogP contribution in [0.4, 0.5) is 11.5 Å². The molecule has 1 N–H and O–H groups in total. The second-order valence-electron chi connectivity index (χ2n) is 7.39. The van der Waals surface area contributed by atoms with Gasteiger partial charge in [-0.25, -0.2) is 9.97 Å². The standard InChI is InChI=1S/C20H25ClN4OS/c1-13-4-5-17(16(21)7-13)24-19(26)11-27-20-8-18(22-12-23-20)25-9-14(2)6-15(3)10-25/h4-5,7-8,12,14-15H,6,9-11H2,1-3H3,(H,24,26)/t14-,15-/m1/s1. The van der Waals surface area contributed by atoms with Crippen LogP contribution in [0, 0.1) is 18.8 Å². The van der Waals surface area contributed by atoms with E-state index in [0.29, 0.717) is 22.5 Å². The van der Waals surface area contributed by atoms with E-state index >= 15 is 0 Å². The highest BCUT2D eigenvalue weighted by Crippen LogP contribution is 2.27. The van der Waals surface area contributed by atoms with Crippen LogP contribution in [-0.4, -0.2) is 34.7 Å². The third-order valence-electron chi connectivity index (χ3n) is 4.57. The smallest absolute Gasteiger partial charge is 0.234 e. The molecule has 1 aliphatic heterocycles. The van der Waals surface area contributed by atoms with Gasteiger partial charge in [0.05, 0.1) is 16.5 Å². The number of hydrogen-bond acceptors (Lipinski definition) is 5. The minimum atomic E-state index is -0.105. The molecule has 2 atom stereocenters. The number of carbonyl (C=O) groups is 1. The lowest BCUT2D eigenvalue weighted by atomic mass is 9.92. The minimum absolute atomic E-state index is 0.105. The number of nitrogens with one attached hydrogen (secondary N) is 1. The van der Waals surface area contributed by atoms with E-state index in [4.69, 9.17) is 11.6 Å². The maximum atomic E-state index is 12.3. The normalized spacial score (nSPS) is 19.8. The molecule has 0 saturated carbocycles. The third-order valence-corrected chi connectivity index (χ3v) is 5.81. The van der Waals surface area contributed by atoms with Gasteiger partial charge in [-0.2, -0.15) is 0 Å². The highest BCUT2D eigenvalue weighted by Gasteiger charge is 2.23. The Morgan fingerprint density at radius 2 is 2.00 bits per heavy atom. The maximum absolute atomic E-state index is 12.3. The molecule has 0 bridgehead atoms. The molecule has 1 saturated heterocycles. The number of benzene rings is 1. The van der Waals surface area contributed by atoms with E-state index in [1.165, 1.54) is 18.2 Å². The topological polar surface area (TPSA) is 58.1 Å².